The molecule has 28 heavy (non-hydrogen) atoms. The summed E-state index contributed by atoms with van der Waals surface area (Å²) in [4.78, 5) is 38.6. The molecule has 142 valence electrons. The Morgan fingerprint density at radius 1 is 1.18 bits per heavy atom. The second-order valence-corrected chi connectivity index (χ2v) is 6.69. The smallest absolute Gasteiger partial charge is 0.324 e. The number of benzene rings is 2. The molecule has 4 amide bonds. The fourth-order valence-corrected chi connectivity index (χ4v) is 3.20. The summed E-state index contributed by atoms with van der Waals surface area (Å²) in [5.41, 5.74) is 1.35. The van der Waals surface area contributed by atoms with Crippen molar-refractivity contribution in [3.05, 3.63) is 65.2 Å². The van der Waals surface area contributed by atoms with Crippen LogP contribution in [-0.4, -0.2) is 29.3 Å². The fourth-order valence-electron chi connectivity index (χ4n) is 3.20. The van der Waals surface area contributed by atoms with Crippen LogP contribution < -0.4 is 10.6 Å². The lowest BCUT2D eigenvalue weighted by Gasteiger charge is -2.22. The zero-order valence-corrected chi connectivity index (χ0v) is 15.7. The number of anilines is 1. The monoisotopic (exact) mass is 376 g/mol. The first kappa shape index (κ1) is 19.1. The van der Waals surface area contributed by atoms with Crippen LogP contribution in [-0.2, 0) is 21.5 Å². The van der Waals surface area contributed by atoms with Crippen molar-refractivity contribution in [3.8, 4) is 6.07 Å². The van der Waals surface area contributed by atoms with Gasteiger partial charge >= 0.3 is 6.03 Å². The number of para-hydroxylation sites is 1. The lowest BCUT2D eigenvalue weighted by molar-refractivity contribution is -0.133. The van der Waals surface area contributed by atoms with Gasteiger partial charge in [-0.25, -0.2) is 4.79 Å². The third kappa shape index (κ3) is 3.45. The number of nitrogens with zero attached hydrogens (tertiary/aromatic N) is 2. The Morgan fingerprint density at radius 3 is 2.50 bits per heavy atom. The molecule has 0 saturated carbocycles. The van der Waals surface area contributed by atoms with Crippen LogP contribution in [0.4, 0.5) is 10.5 Å². The van der Waals surface area contributed by atoms with E-state index in [9.17, 15) is 14.4 Å². The van der Waals surface area contributed by atoms with Gasteiger partial charge in [-0.15, -0.1) is 0 Å². The number of hydrogen-bond acceptors (Lipinski definition) is 4. The van der Waals surface area contributed by atoms with Gasteiger partial charge in [0.05, 0.1) is 11.6 Å². The van der Waals surface area contributed by atoms with E-state index in [0.29, 0.717) is 16.8 Å². The summed E-state index contributed by atoms with van der Waals surface area (Å²) in [7, 11) is 0. The average molecular weight is 376 g/mol. The number of nitrogens with one attached hydrogen (secondary N) is 2. The second-order valence-electron chi connectivity index (χ2n) is 6.69. The van der Waals surface area contributed by atoms with Crippen molar-refractivity contribution < 1.29 is 14.4 Å². The molecule has 1 aliphatic rings. The number of carbonyl (C=O) groups is 3. The van der Waals surface area contributed by atoms with E-state index < -0.39 is 23.4 Å². The Labute approximate surface area is 163 Å². The molecular formula is C21H20N4O3. The van der Waals surface area contributed by atoms with Crippen molar-refractivity contribution in [3.63, 3.8) is 0 Å². The first-order valence-corrected chi connectivity index (χ1v) is 8.91. The molecule has 2 N–H and O–H groups in total. The normalized spacial score (nSPS) is 18.5. The molecule has 0 radical (unpaired) electrons. The maximum Gasteiger partial charge on any atom is 0.325 e. The van der Waals surface area contributed by atoms with E-state index in [2.05, 4.69) is 10.6 Å². The van der Waals surface area contributed by atoms with Crippen molar-refractivity contribution >= 4 is 23.5 Å². The van der Waals surface area contributed by atoms with Crippen molar-refractivity contribution in [2.24, 2.45) is 0 Å². The number of urea groups is 1. The third-order valence-corrected chi connectivity index (χ3v) is 4.84. The van der Waals surface area contributed by atoms with Crippen LogP contribution in [0.2, 0.25) is 0 Å². The van der Waals surface area contributed by atoms with Gasteiger partial charge in [0.1, 0.15) is 12.1 Å². The molecule has 1 heterocycles. The number of hydrogen-bond donors (Lipinski definition) is 2. The summed E-state index contributed by atoms with van der Waals surface area (Å²) in [6, 6.07) is 15.2. The van der Waals surface area contributed by atoms with Crippen LogP contribution in [0.3, 0.4) is 0 Å². The molecule has 1 atom stereocenters. The van der Waals surface area contributed by atoms with E-state index in [0.717, 1.165) is 16.9 Å². The van der Waals surface area contributed by atoms with Crippen molar-refractivity contribution in [1.29, 1.82) is 5.26 Å². The minimum atomic E-state index is -1.29. The molecule has 0 aliphatic carbocycles. The second kappa shape index (κ2) is 7.53. The van der Waals surface area contributed by atoms with Gasteiger partial charge in [0.15, 0.2) is 0 Å². The van der Waals surface area contributed by atoms with Crippen LogP contribution >= 0.6 is 0 Å². The van der Waals surface area contributed by atoms with Gasteiger partial charge in [-0.1, -0.05) is 37.3 Å². The van der Waals surface area contributed by atoms with Crippen molar-refractivity contribution in [2.75, 3.05) is 11.9 Å². The molecule has 2 aromatic carbocycles. The van der Waals surface area contributed by atoms with Crippen molar-refractivity contribution in [2.45, 2.75) is 25.8 Å². The molecular weight excluding hydrogens is 356 g/mol. The summed E-state index contributed by atoms with van der Waals surface area (Å²) in [5, 5.41) is 14.3. The number of rotatable bonds is 5. The number of carbonyl (C=O) groups excluding carboxylic acids is 3. The predicted octanol–water partition coefficient (Wildman–Crippen LogP) is 2.53. The maximum atomic E-state index is 12.9. The molecule has 0 bridgehead atoms. The highest BCUT2D eigenvalue weighted by atomic mass is 16.2. The standard InChI is InChI=1S/C21H20N4O3/c1-3-15-6-4-5-7-17(15)23-18(26)13-25-19(27)21(2,24-20(25)28)16-10-8-14(12-22)9-11-16/h4-11H,3,13H2,1-2H3,(H,23,26)(H,24,28). The molecule has 1 aliphatic heterocycles. The zero-order valence-electron chi connectivity index (χ0n) is 15.7. The van der Waals surface area contributed by atoms with Crippen LogP contribution in [0.5, 0.6) is 0 Å². The Bertz CT molecular complexity index is 978. The SMILES string of the molecule is CCc1ccccc1NC(=O)CN1C(=O)NC(C)(c2ccc(C#N)cc2)C1=O. The van der Waals surface area contributed by atoms with E-state index >= 15 is 0 Å². The Hall–Kier alpha value is -3.66. The highest BCUT2D eigenvalue weighted by Gasteiger charge is 2.49. The fraction of sp³-hybridized carbons (Fsp3) is 0.238. The molecule has 1 unspecified atom stereocenters. The Morgan fingerprint density at radius 2 is 1.86 bits per heavy atom. The van der Waals surface area contributed by atoms with Crippen LogP contribution in [0.15, 0.2) is 48.5 Å². The number of nitriles is 1. The summed E-state index contributed by atoms with van der Waals surface area (Å²) >= 11 is 0. The van der Waals surface area contributed by atoms with Gasteiger partial charge in [-0.05, 0) is 42.7 Å². The van der Waals surface area contributed by atoms with Gasteiger partial charge < -0.3 is 10.6 Å². The zero-order chi connectivity index (χ0) is 20.3. The largest absolute Gasteiger partial charge is 0.325 e. The first-order chi connectivity index (χ1) is 13.4. The van der Waals surface area contributed by atoms with Gasteiger partial charge in [0, 0.05) is 5.69 Å². The van der Waals surface area contributed by atoms with E-state index in [1.165, 1.54) is 0 Å². The van der Waals surface area contributed by atoms with E-state index in [1.807, 2.05) is 31.2 Å². The topological polar surface area (TPSA) is 102 Å². The number of aryl methyl sites for hydroxylation is 1. The maximum absolute atomic E-state index is 12.9. The molecule has 1 saturated heterocycles. The molecule has 1 fully saturated rings. The highest BCUT2D eigenvalue weighted by Crippen LogP contribution is 2.29. The van der Waals surface area contributed by atoms with Crippen molar-refractivity contribution in [1.82, 2.24) is 10.2 Å². The van der Waals surface area contributed by atoms with Gasteiger partial charge in [0.2, 0.25) is 5.91 Å². The minimum Gasteiger partial charge on any atom is -0.324 e. The number of imide groups is 1. The lowest BCUT2D eigenvalue weighted by atomic mass is 9.91. The summed E-state index contributed by atoms with van der Waals surface area (Å²) in [6.45, 7) is 3.18. The molecule has 0 aromatic heterocycles. The highest BCUT2D eigenvalue weighted by molar-refractivity contribution is 6.10. The van der Waals surface area contributed by atoms with Gasteiger partial charge in [0.25, 0.3) is 5.91 Å². The van der Waals surface area contributed by atoms with Crippen LogP contribution in [0.25, 0.3) is 0 Å². The van der Waals surface area contributed by atoms with Gasteiger partial charge in [-0.3, -0.25) is 14.5 Å². The lowest BCUT2D eigenvalue weighted by Crippen LogP contribution is -2.42. The molecule has 3 rings (SSSR count). The summed E-state index contributed by atoms with van der Waals surface area (Å²) in [5.74, 6) is -0.963. The first-order valence-electron chi connectivity index (χ1n) is 8.91. The summed E-state index contributed by atoms with van der Waals surface area (Å²) < 4.78 is 0. The van der Waals surface area contributed by atoms with Crippen LogP contribution in [0, 0.1) is 11.3 Å². The van der Waals surface area contributed by atoms with E-state index in [4.69, 9.17) is 5.26 Å². The van der Waals surface area contributed by atoms with Gasteiger partial charge in [-0.2, -0.15) is 5.26 Å². The molecule has 0 spiro atoms. The van der Waals surface area contributed by atoms with E-state index in [1.54, 1.807) is 37.3 Å². The Kier molecular flexibility index (Phi) is 5.14. The quantitative estimate of drug-likeness (QED) is 0.783. The molecule has 7 nitrogen and oxygen atoms in total. The Balaban J connectivity index is 1.76. The van der Waals surface area contributed by atoms with E-state index in [-0.39, 0.29) is 6.54 Å². The van der Waals surface area contributed by atoms with Crippen LogP contribution in [0.1, 0.15) is 30.5 Å². The third-order valence-electron chi connectivity index (χ3n) is 4.84. The number of amides is 4. The molecule has 7 heteroatoms. The average Bonchev–Trinajstić information content (AvgIpc) is 2.92. The predicted molar refractivity (Wildman–Crippen MR) is 103 cm³/mol. The minimum absolute atomic E-state index is 0.380. The summed E-state index contributed by atoms with van der Waals surface area (Å²) in [6.07, 6.45) is 0.746. The molecule has 2 aromatic rings.